The normalized spacial score (nSPS) is 14.1. The van der Waals surface area contributed by atoms with Gasteiger partial charge in [-0.05, 0) is 37.2 Å². The predicted octanol–water partition coefficient (Wildman–Crippen LogP) is 4.34. The van der Waals surface area contributed by atoms with Gasteiger partial charge >= 0.3 is 0 Å². The highest BCUT2D eigenvalue weighted by Gasteiger charge is 2.20. The van der Waals surface area contributed by atoms with E-state index in [9.17, 15) is 4.79 Å². The number of likely N-dealkylation sites (N-methyl/N-ethyl adjacent to an activating group) is 1. The molecule has 0 atom stereocenters. The number of hydrogen-bond acceptors (Lipinski definition) is 5. The van der Waals surface area contributed by atoms with Gasteiger partial charge in [-0.2, -0.15) is 0 Å². The predicted molar refractivity (Wildman–Crippen MR) is 106 cm³/mol. The Hall–Kier alpha value is -1.92. The van der Waals surface area contributed by atoms with Crippen molar-refractivity contribution < 1.29 is 9.53 Å². The number of carbonyl (C=O) groups is 1. The summed E-state index contributed by atoms with van der Waals surface area (Å²) in [5.41, 5.74) is 1.75. The third-order valence-electron chi connectivity index (χ3n) is 4.61. The van der Waals surface area contributed by atoms with Crippen molar-refractivity contribution in [3.8, 4) is 5.75 Å². The molecule has 6 heteroatoms. The van der Waals surface area contributed by atoms with Crippen LogP contribution < -0.4 is 10.1 Å². The van der Waals surface area contributed by atoms with E-state index in [1.54, 1.807) is 23.5 Å². The van der Waals surface area contributed by atoms with Gasteiger partial charge in [0.05, 0.1) is 12.3 Å². The minimum Gasteiger partial charge on any atom is -0.494 e. The van der Waals surface area contributed by atoms with E-state index in [0.717, 1.165) is 50.5 Å². The molecule has 0 saturated heterocycles. The summed E-state index contributed by atoms with van der Waals surface area (Å²) in [6.45, 7) is 8.09. The zero-order chi connectivity index (χ0) is 18.4. The molecule has 1 N–H and O–H groups in total. The first-order valence-corrected chi connectivity index (χ1v) is 10.3. The molecule has 2 aromatic rings. The van der Waals surface area contributed by atoms with Crippen LogP contribution in [-0.4, -0.2) is 35.5 Å². The third-order valence-corrected chi connectivity index (χ3v) is 5.61. The summed E-state index contributed by atoms with van der Waals surface area (Å²) in [7, 11) is 0. The molecule has 140 valence electrons. The summed E-state index contributed by atoms with van der Waals surface area (Å²) in [5, 5.41) is 3.63. The van der Waals surface area contributed by atoms with Crippen LogP contribution in [0, 0.1) is 0 Å². The van der Waals surface area contributed by atoms with Gasteiger partial charge in [-0.15, -0.1) is 11.3 Å². The Balaban J connectivity index is 1.56. The molecule has 0 radical (unpaired) electrons. The van der Waals surface area contributed by atoms with Gasteiger partial charge in [0.2, 0.25) is 0 Å². The van der Waals surface area contributed by atoms with Crippen molar-refractivity contribution in [2.75, 3.05) is 25.0 Å². The molecule has 1 aromatic heterocycles. The van der Waals surface area contributed by atoms with Crippen LogP contribution in [-0.2, 0) is 13.0 Å². The number of nitrogens with one attached hydrogen (secondary N) is 1. The van der Waals surface area contributed by atoms with Gasteiger partial charge in [0.15, 0.2) is 5.13 Å². The summed E-state index contributed by atoms with van der Waals surface area (Å²) in [5.74, 6) is 0.683. The Bertz CT molecular complexity index is 727. The summed E-state index contributed by atoms with van der Waals surface area (Å²) in [6.07, 6.45) is 4.37. The number of benzene rings is 1. The van der Waals surface area contributed by atoms with E-state index in [1.165, 1.54) is 17.7 Å². The highest BCUT2D eigenvalue weighted by atomic mass is 32.1. The van der Waals surface area contributed by atoms with Gasteiger partial charge < -0.3 is 4.74 Å². The van der Waals surface area contributed by atoms with Crippen LogP contribution in [0.25, 0.3) is 0 Å². The minimum absolute atomic E-state index is 0.124. The molecule has 3 rings (SSSR count). The van der Waals surface area contributed by atoms with Crippen molar-refractivity contribution in [1.82, 2.24) is 9.88 Å². The molecule has 26 heavy (non-hydrogen) atoms. The molecule has 0 bridgehead atoms. The van der Waals surface area contributed by atoms with Gasteiger partial charge in [-0.25, -0.2) is 4.98 Å². The van der Waals surface area contributed by atoms with Crippen LogP contribution in [0.2, 0.25) is 0 Å². The maximum absolute atomic E-state index is 12.5. The molecule has 0 aliphatic carbocycles. The molecule has 0 fully saturated rings. The van der Waals surface area contributed by atoms with Crippen LogP contribution in [0.4, 0.5) is 5.13 Å². The molecule has 2 heterocycles. The molecule has 1 aliphatic heterocycles. The second kappa shape index (κ2) is 9.14. The molecule has 0 unspecified atom stereocenters. The van der Waals surface area contributed by atoms with E-state index >= 15 is 0 Å². The first-order chi connectivity index (χ1) is 12.7. The van der Waals surface area contributed by atoms with Crippen molar-refractivity contribution in [3.05, 3.63) is 40.4 Å². The number of anilines is 1. The van der Waals surface area contributed by atoms with E-state index in [4.69, 9.17) is 4.74 Å². The summed E-state index contributed by atoms with van der Waals surface area (Å²) in [6, 6.07) is 7.31. The van der Waals surface area contributed by atoms with Crippen molar-refractivity contribution in [2.24, 2.45) is 0 Å². The number of unbranched alkanes of at least 4 members (excludes halogenated alkanes) is 2. The zero-order valence-corrected chi connectivity index (χ0v) is 16.4. The fourth-order valence-corrected chi connectivity index (χ4v) is 4.03. The van der Waals surface area contributed by atoms with Gasteiger partial charge in [-0.1, -0.05) is 26.7 Å². The highest BCUT2D eigenvalue weighted by molar-refractivity contribution is 7.15. The molecular formula is C20H27N3O2S. The van der Waals surface area contributed by atoms with Gasteiger partial charge in [-0.3, -0.25) is 15.0 Å². The first-order valence-electron chi connectivity index (χ1n) is 9.44. The van der Waals surface area contributed by atoms with Crippen molar-refractivity contribution in [2.45, 2.75) is 46.1 Å². The summed E-state index contributed by atoms with van der Waals surface area (Å²) in [4.78, 5) is 20.7. The lowest BCUT2D eigenvalue weighted by atomic mass is 10.2. The monoisotopic (exact) mass is 373 g/mol. The lowest BCUT2D eigenvalue weighted by Crippen LogP contribution is -2.29. The molecule has 0 spiro atoms. The molecular weight excluding hydrogens is 346 g/mol. The second-order valence-corrected chi connectivity index (χ2v) is 7.63. The second-order valence-electron chi connectivity index (χ2n) is 6.54. The zero-order valence-electron chi connectivity index (χ0n) is 15.6. The topological polar surface area (TPSA) is 54.5 Å². The van der Waals surface area contributed by atoms with Crippen LogP contribution in [0.15, 0.2) is 24.3 Å². The van der Waals surface area contributed by atoms with Crippen LogP contribution in [0.1, 0.15) is 54.0 Å². The van der Waals surface area contributed by atoms with E-state index in [-0.39, 0.29) is 5.91 Å². The van der Waals surface area contributed by atoms with E-state index in [1.807, 2.05) is 12.1 Å². The van der Waals surface area contributed by atoms with Crippen molar-refractivity contribution in [3.63, 3.8) is 0 Å². The number of aromatic nitrogens is 1. The number of nitrogens with zero attached hydrogens (tertiary/aromatic N) is 2. The highest BCUT2D eigenvalue weighted by Crippen LogP contribution is 2.28. The van der Waals surface area contributed by atoms with Gasteiger partial charge in [0.25, 0.3) is 5.91 Å². The third kappa shape index (κ3) is 4.83. The Morgan fingerprint density at radius 2 is 2.08 bits per heavy atom. The van der Waals surface area contributed by atoms with E-state index in [0.29, 0.717) is 10.7 Å². The SMILES string of the molecule is CCCCCOc1ccc(C(=O)Nc2nc3c(s2)CN(CC)CC3)cc1. The molecule has 5 nitrogen and oxygen atoms in total. The number of rotatable bonds is 8. The van der Waals surface area contributed by atoms with Crippen molar-refractivity contribution in [1.29, 1.82) is 0 Å². The van der Waals surface area contributed by atoms with Crippen molar-refractivity contribution >= 4 is 22.4 Å². The fraction of sp³-hybridized carbons (Fsp3) is 0.500. The quantitative estimate of drug-likeness (QED) is 0.699. The first kappa shape index (κ1) is 18.9. The Morgan fingerprint density at radius 1 is 1.27 bits per heavy atom. The maximum Gasteiger partial charge on any atom is 0.257 e. The average Bonchev–Trinajstić information content (AvgIpc) is 3.06. The lowest BCUT2D eigenvalue weighted by molar-refractivity contribution is 0.102. The summed E-state index contributed by atoms with van der Waals surface area (Å²) >= 11 is 1.59. The molecule has 0 saturated carbocycles. The average molecular weight is 374 g/mol. The Labute approximate surface area is 159 Å². The van der Waals surface area contributed by atoms with Crippen LogP contribution in [0.5, 0.6) is 5.75 Å². The maximum atomic E-state index is 12.5. The van der Waals surface area contributed by atoms with Gasteiger partial charge in [0, 0.05) is 30.0 Å². The number of ether oxygens (including phenoxy) is 1. The van der Waals surface area contributed by atoms with Crippen LogP contribution >= 0.6 is 11.3 Å². The van der Waals surface area contributed by atoms with Crippen LogP contribution in [0.3, 0.4) is 0 Å². The Morgan fingerprint density at radius 3 is 2.81 bits per heavy atom. The minimum atomic E-state index is -0.124. The number of thiazole rings is 1. The fourth-order valence-electron chi connectivity index (χ4n) is 2.99. The lowest BCUT2D eigenvalue weighted by Gasteiger charge is -2.23. The number of amides is 1. The summed E-state index contributed by atoms with van der Waals surface area (Å²) < 4.78 is 5.69. The number of hydrogen-bond donors (Lipinski definition) is 1. The van der Waals surface area contributed by atoms with E-state index in [2.05, 4.69) is 29.0 Å². The van der Waals surface area contributed by atoms with E-state index < -0.39 is 0 Å². The number of carbonyl (C=O) groups excluding carboxylic acids is 1. The Kier molecular flexibility index (Phi) is 6.63. The number of fused-ring (bicyclic) bond motifs is 1. The smallest absolute Gasteiger partial charge is 0.257 e. The largest absolute Gasteiger partial charge is 0.494 e. The molecule has 1 amide bonds. The standard InChI is InChI=1S/C20H27N3O2S/c1-3-5-6-13-25-16-9-7-15(8-10-16)19(24)22-20-21-17-11-12-23(4-2)14-18(17)26-20/h7-10H,3-6,11-14H2,1-2H3,(H,21,22,24). The molecule has 1 aromatic carbocycles. The van der Waals surface area contributed by atoms with Gasteiger partial charge in [0.1, 0.15) is 5.75 Å². The molecule has 1 aliphatic rings.